The fraction of sp³-hybridized carbons (Fsp3) is 0.267. The molecule has 0 spiro atoms. The molecule has 0 bridgehead atoms. The van der Waals surface area contributed by atoms with E-state index in [4.69, 9.17) is 4.42 Å². The first-order chi connectivity index (χ1) is 8.85. The average molecular weight is 240 g/mol. The predicted molar refractivity (Wildman–Crippen MR) is 72.1 cm³/mol. The maximum absolute atomic E-state index is 5.37. The first-order valence-corrected chi connectivity index (χ1v) is 6.00. The molecule has 0 atom stereocenters. The van der Waals surface area contributed by atoms with Crippen molar-refractivity contribution in [1.82, 2.24) is 10.3 Å². The molecule has 0 saturated carbocycles. The summed E-state index contributed by atoms with van der Waals surface area (Å²) in [6.07, 6.45) is 4.15. The van der Waals surface area contributed by atoms with E-state index in [0.717, 1.165) is 23.3 Å². The van der Waals surface area contributed by atoms with E-state index in [2.05, 4.69) is 41.2 Å². The Balaban J connectivity index is 2.43. The lowest BCUT2D eigenvalue weighted by Gasteiger charge is -2.04. The van der Waals surface area contributed by atoms with Crippen molar-refractivity contribution in [1.29, 1.82) is 0 Å². The Morgan fingerprint density at radius 2 is 2.28 bits per heavy atom. The molecule has 0 saturated heterocycles. The highest BCUT2D eigenvalue weighted by atomic mass is 16.3. The summed E-state index contributed by atoms with van der Waals surface area (Å²) in [6.45, 7) is 2.80. The van der Waals surface area contributed by atoms with E-state index in [9.17, 15) is 0 Å². The van der Waals surface area contributed by atoms with Gasteiger partial charge < -0.3 is 9.73 Å². The molecule has 2 aromatic rings. The average Bonchev–Trinajstić information content (AvgIpc) is 2.93. The van der Waals surface area contributed by atoms with Crippen LogP contribution in [-0.4, -0.2) is 18.6 Å². The zero-order valence-electron chi connectivity index (χ0n) is 10.7. The van der Waals surface area contributed by atoms with Crippen molar-refractivity contribution < 1.29 is 4.42 Å². The normalized spacial score (nSPS) is 9.89. The van der Waals surface area contributed by atoms with Gasteiger partial charge in [-0.1, -0.05) is 24.8 Å². The molecule has 0 aliphatic carbocycles. The van der Waals surface area contributed by atoms with Crippen LogP contribution >= 0.6 is 0 Å². The minimum atomic E-state index is 0.672. The molecule has 92 valence electrons. The first kappa shape index (κ1) is 12.4. The zero-order chi connectivity index (χ0) is 12.8. The Bertz CT molecular complexity index is 562. The van der Waals surface area contributed by atoms with Gasteiger partial charge in [0.15, 0.2) is 12.2 Å². The maximum Gasteiger partial charge on any atom is 0.181 e. The highest BCUT2D eigenvalue weighted by molar-refractivity contribution is 5.67. The molecule has 3 nitrogen and oxygen atoms in total. The largest absolute Gasteiger partial charge is 0.443 e. The summed E-state index contributed by atoms with van der Waals surface area (Å²) in [5, 5.41) is 3.01. The van der Waals surface area contributed by atoms with Crippen LogP contribution in [0.1, 0.15) is 18.1 Å². The molecule has 1 aromatic heterocycles. The van der Waals surface area contributed by atoms with Crippen LogP contribution in [0.4, 0.5) is 0 Å². The van der Waals surface area contributed by atoms with Gasteiger partial charge in [-0.2, -0.15) is 0 Å². The van der Waals surface area contributed by atoms with Gasteiger partial charge in [-0.15, -0.1) is 0 Å². The third kappa shape index (κ3) is 2.79. The number of rotatable bonds is 3. The van der Waals surface area contributed by atoms with Gasteiger partial charge in [0.05, 0.1) is 12.7 Å². The smallest absolute Gasteiger partial charge is 0.181 e. The van der Waals surface area contributed by atoms with Gasteiger partial charge in [0.25, 0.3) is 0 Å². The second-order valence-corrected chi connectivity index (χ2v) is 3.93. The van der Waals surface area contributed by atoms with Gasteiger partial charge in [-0.25, -0.2) is 4.98 Å². The first-order valence-electron chi connectivity index (χ1n) is 6.00. The van der Waals surface area contributed by atoms with Gasteiger partial charge in [-0.3, -0.25) is 0 Å². The van der Waals surface area contributed by atoms with Gasteiger partial charge in [-0.05, 0) is 31.2 Å². The quantitative estimate of drug-likeness (QED) is 0.838. The number of hydrogen-bond donors (Lipinski definition) is 1. The number of hydrogen-bond acceptors (Lipinski definition) is 3. The summed E-state index contributed by atoms with van der Waals surface area (Å²) in [6, 6.07) is 6.26. The summed E-state index contributed by atoms with van der Waals surface area (Å²) in [4.78, 5) is 3.96. The Morgan fingerprint density at radius 3 is 2.94 bits per heavy atom. The number of nitrogens with one attached hydrogen (secondary N) is 1. The lowest BCUT2D eigenvalue weighted by Crippen LogP contribution is -2.04. The standard InChI is InChI=1S/C15H16N2O/c1-3-12-6-7-13(5-4-8-16-2)14(9-12)15-10-17-11-18-15/h6-7,9-11,16H,3,8H2,1-2H3. The molecule has 18 heavy (non-hydrogen) atoms. The molecule has 0 aliphatic rings. The van der Waals surface area contributed by atoms with Gasteiger partial charge in [0.1, 0.15) is 0 Å². The SMILES string of the molecule is CCc1ccc(C#CCNC)c(-c2cnco2)c1. The Hall–Kier alpha value is -2.05. The minimum Gasteiger partial charge on any atom is -0.443 e. The third-order valence-corrected chi connectivity index (χ3v) is 2.68. The van der Waals surface area contributed by atoms with Crippen molar-refractivity contribution in [3.63, 3.8) is 0 Å². The van der Waals surface area contributed by atoms with Crippen LogP contribution < -0.4 is 5.32 Å². The van der Waals surface area contributed by atoms with Crippen molar-refractivity contribution in [2.24, 2.45) is 0 Å². The molecule has 1 aromatic carbocycles. The lowest BCUT2D eigenvalue weighted by molar-refractivity contribution is 0.572. The number of aromatic nitrogens is 1. The summed E-state index contributed by atoms with van der Waals surface area (Å²) >= 11 is 0. The van der Waals surface area contributed by atoms with Crippen LogP contribution in [-0.2, 0) is 6.42 Å². The summed E-state index contributed by atoms with van der Waals surface area (Å²) < 4.78 is 5.37. The minimum absolute atomic E-state index is 0.672. The molecule has 0 unspecified atom stereocenters. The molecule has 0 radical (unpaired) electrons. The predicted octanol–water partition coefficient (Wildman–Crippen LogP) is 2.47. The van der Waals surface area contributed by atoms with E-state index in [0.29, 0.717) is 6.54 Å². The summed E-state index contributed by atoms with van der Waals surface area (Å²) in [5.74, 6) is 6.98. The fourth-order valence-corrected chi connectivity index (χ4v) is 1.70. The van der Waals surface area contributed by atoms with E-state index >= 15 is 0 Å². The summed E-state index contributed by atoms with van der Waals surface area (Å²) in [7, 11) is 1.88. The van der Waals surface area contributed by atoms with Gasteiger partial charge in [0, 0.05) is 11.1 Å². The van der Waals surface area contributed by atoms with Crippen LogP contribution in [0, 0.1) is 11.8 Å². The van der Waals surface area contributed by atoms with Gasteiger partial charge >= 0.3 is 0 Å². The molecular formula is C15H16N2O. The van der Waals surface area contributed by atoms with E-state index in [1.165, 1.54) is 12.0 Å². The second kappa shape index (κ2) is 6.04. The number of benzene rings is 1. The van der Waals surface area contributed by atoms with Crippen molar-refractivity contribution in [3.8, 4) is 23.2 Å². The van der Waals surface area contributed by atoms with E-state index in [-0.39, 0.29) is 0 Å². The van der Waals surface area contributed by atoms with Crippen LogP contribution in [0.15, 0.2) is 35.2 Å². The summed E-state index contributed by atoms with van der Waals surface area (Å²) in [5.41, 5.74) is 3.25. The maximum atomic E-state index is 5.37. The highest BCUT2D eigenvalue weighted by Gasteiger charge is 2.07. The van der Waals surface area contributed by atoms with E-state index < -0.39 is 0 Å². The van der Waals surface area contributed by atoms with Crippen LogP contribution in [0.5, 0.6) is 0 Å². The van der Waals surface area contributed by atoms with Crippen molar-refractivity contribution in [2.75, 3.05) is 13.6 Å². The van der Waals surface area contributed by atoms with E-state index in [1.807, 2.05) is 13.1 Å². The van der Waals surface area contributed by atoms with Crippen molar-refractivity contribution in [2.45, 2.75) is 13.3 Å². The van der Waals surface area contributed by atoms with Crippen molar-refractivity contribution in [3.05, 3.63) is 41.9 Å². The van der Waals surface area contributed by atoms with Crippen LogP contribution in [0.3, 0.4) is 0 Å². The number of nitrogens with zero attached hydrogens (tertiary/aromatic N) is 1. The molecule has 3 heteroatoms. The second-order valence-electron chi connectivity index (χ2n) is 3.93. The third-order valence-electron chi connectivity index (χ3n) is 2.68. The van der Waals surface area contributed by atoms with Crippen LogP contribution in [0.25, 0.3) is 11.3 Å². The fourth-order valence-electron chi connectivity index (χ4n) is 1.70. The Kier molecular flexibility index (Phi) is 4.16. The molecule has 2 rings (SSSR count). The Labute approximate surface area is 107 Å². The highest BCUT2D eigenvalue weighted by Crippen LogP contribution is 2.24. The lowest BCUT2D eigenvalue weighted by atomic mass is 10.0. The molecule has 0 amide bonds. The topological polar surface area (TPSA) is 38.1 Å². The molecule has 1 heterocycles. The Morgan fingerprint density at radius 1 is 1.39 bits per heavy atom. The molecular weight excluding hydrogens is 224 g/mol. The van der Waals surface area contributed by atoms with E-state index in [1.54, 1.807) is 6.20 Å². The van der Waals surface area contributed by atoms with Crippen LogP contribution in [0.2, 0.25) is 0 Å². The molecule has 1 N–H and O–H groups in total. The number of aryl methyl sites for hydroxylation is 1. The monoisotopic (exact) mass is 240 g/mol. The zero-order valence-corrected chi connectivity index (χ0v) is 10.7. The molecule has 0 aliphatic heterocycles. The number of oxazole rings is 1. The molecule has 0 fully saturated rings. The van der Waals surface area contributed by atoms with Gasteiger partial charge in [0.2, 0.25) is 0 Å². The van der Waals surface area contributed by atoms with Crippen molar-refractivity contribution >= 4 is 0 Å².